The van der Waals surface area contributed by atoms with Gasteiger partial charge < -0.3 is 10.5 Å². The van der Waals surface area contributed by atoms with Gasteiger partial charge in [0.25, 0.3) is 0 Å². The fraction of sp³-hybridized carbons (Fsp3) is 0.250. The minimum Gasteiger partial charge on any atom is -0.493 e. The second-order valence-corrected chi connectivity index (χ2v) is 4.29. The number of para-hydroxylation sites is 1. The van der Waals surface area contributed by atoms with E-state index in [2.05, 4.69) is 4.98 Å². The molecule has 0 saturated heterocycles. The molecule has 2 N–H and O–H groups in total. The van der Waals surface area contributed by atoms with Crippen LogP contribution in [0.15, 0.2) is 35.7 Å². The lowest BCUT2D eigenvalue weighted by Crippen LogP contribution is -2.02. The number of nitrogens with zero attached hydrogens (tertiary/aromatic N) is 1. The first kappa shape index (κ1) is 11.1. The van der Waals surface area contributed by atoms with Gasteiger partial charge in [-0.15, -0.1) is 11.3 Å². The van der Waals surface area contributed by atoms with E-state index in [1.54, 1.807) is 11.3 Å². The minimum absolute atomic E-state index is 0.510. The third kappa shape index (κ3) is 3.05. The van der Waals surface area contributed by atoms with Crippen molar-refractivity contribution in [2.75, 3.05) is 6.61 Å². The molecule has 0 aliphatic rings. The van der Waals surface area contributed by atoms with Gasteiger partial charge >= 0.3 is 0 Å². The molecule has 1 heterocycles. The van der Waals surface area contributed by atoms with Gasteiger partial charge in [0.2, 0.25) is 0 Å². The van der Waals surface area contributed by atoms with Crippen LogP contribution >= 0.6 is 11.3 Å². The maximum atomic E-state index is 5.59. The predicted octanol–water partition coefficient (Wildman–Crippen LogP) is 2.22. The smallest absolute Gasteiger partial charge is 0.119 e. The molecular formula is C12H14N2OS. The first-order valence-corrected chi connectivity index (χ1v) is 6.07. The van der Waals surface area contributed by atoms with Crippen molar-refractivity contribution < 1.29 is 4.74 Å². The lowest BCUT2D eigenvalue weighted by atomic mass is 10.3. The Hall–Kier alpha value is -1.39. The summed E-state index contributed by atoms with van der Waals surface area (Å²) in [6.45, 7) is 1.16. The van der Waals surface area contributed by atoms with Crippen LogP contribution in [0.5, 0.6) is 5.75 Å². The maximum Gasteiger partial charge on any atom is 0.119 e. The molecule has 1 aromatic carbocycles. The third-order valence-electron chi connectivity index (χ3n) is 2.14. The van der Waals surface area contributed by atoms with E-state index < -0.39 is 0 Å². The first-order valence-electron chi connectivity index (χ1n) is 5.19. The summed E-state index contributed by atoms with van der Waals surface area (Å²) in [5.74, 6) is 0.901. The number of nitrogens with two attached hydrogens (primary N) is 1. The average Bonchev–Trinajstić information content (AvgIpc) is 2.78. The van der Waals surface area contributed by atoms with Gasteiger partial charge in [0.1, 0.15) is 5.75 Å². The molecule has 84 valence electrons. The maximum absolute atomic E-state index is 5.59. The zero-order valence-corrected chi connectivity index (χ0v) is 9.74. The van der Waals surface area contributed by atoms with Crippen LogP contribution in [0.25, 0.3) is 0 Å². The Bertz CT molecular complexity index is 428. The highest BCUT2D eigenvalue weighted by atomic mass is 32.1. The van der Waals surface area contributed by atoms with E-state index in [9.17, 15) is 0 Å². The highest BCUT2D eigenvalue weighted by Gasteiger charge is 2.00. The van der Waals surface area contributed by atoms with Gasteiger partial charge in [-0.2, -0.15) is 0 Å². The van der Waals surface area contributed by atoms with Crippen molar-refractivity contribution in [2.24, 2.45) is 5.73 Å². The quantitative estimate of drug-likeness (QED) is 0.863. The zero-order chi connectivity index (χ0) is 11.2. The van der Waals surface area contributed by atoms with Crippen LogP contribution in [0.1, 0.15) is 10.7 Å². The second kappa shape index (κ2) is 5.63. The van der Waals surface area contributed by atoms with Gasteiger partial charge in [0.15, 0.2) is 0 Å². The van der Waals surface area contributed by atoms with E-state index >= 15 is 0 Å². The van der Waals surface area contributed by atoms with Crippen molar-refractivity contribution in [1.29, 1.82) is 0 Å². The van der Waals surface area contributed by atoms with Gasteiger partial charge in [-0.3, -0.25) is 0 Å². The lowest BCUT2D eigenvalue weighted by molar-refractivity contribution is 0.321. The Morgan fingerprint density at radius 1 is 1.25 bits per heavy atom. The van der Waals surface area contributed by atoms with Gasteiger partial charge in [-0.25, -0.2) is 4.98 Å². The summed E-state index contributed by atoms with van der Waals surface area (Å²) in [5.41, 5.74) is 6.45. The van der Waals surface area contributed by atoms with Crippen molar-refractivity contribution in [3.8, 4) is 5.75 Å². The van der Waals surface area contributed by atoms with Crippen molar-refractivity contribution in [1.82, 2.24) is 4.98 Å². The number of rotatable bonds is 5. The van der Waals surface area contributed by atoms with E-state index in [1.807, 2.05) is 35.7 Å². The molecule has 16 heavy (non-hydrogen) atoms. The predicted molar refractivity (Wildman–Crippen MR) is 65.6 cm³/mol. The standard InChI is InChI=1S/C12H14N2OS/c13-8-10-9-16-12(14-10)6-7-15-11-4-2-1-3-5-11/h1-5,9H,6-8,13H2. The highest BCUT2D eigenvalue weighted by Crippen LogP contribution is 2.12. The molecule has 2 aromatic rings. The van der Waals surface area contributed by atoms with E-state index in [0.717, 1.165) is 22.9 Å². The van der Waals surface area contributed by atoms with Crippen LogP contribution in [0, 0.1) is 0 Å². The summed E-state index contributed by atoms with van der Waals surface area (Å²) in [6, 6.07) is 9.80. The molecule has 0 spiro atoms. The van der Waals surface area contributed by atoms with Crippen LogP contribution in [-0.4, -0.2) is 11.6 Å². The van der Waals surface area contributed by atoms with Crippen LogP contribution < -0.4 is 10.5 Å². The Labute approximate surface area is 98.9 Å². The number of thiazole rings is 1. The monoisotopic (exact) mass is 234 g/mol. The fourth-order valence-corrected chi connectivity index (χ4v) is 2.12. The van der Waals surface area contributed by atoms with Gasteiger partial charge in [0, 0.05) is 18.3 Å². The van der Waals surface area contributed by atoms with Crippen molar-refractivity contribution in [2.45, 2.75) is 13.0 Å². The van der Waals surface area contributed by atoms with Crippen LogP contribution in [0.2, 0.25) is 0 Å². The average molecular weight is 234 g/mol. The summed E-state index contributed by atoms with van der Waals surface area (Å²) in [6.07, 6.45) is 0.833. The molecular weight excluding hydrogens is 220 g/mol. The number of hydrogen-bond donors (Lipinski definition) is 1. The largest absolute Gasteiger partial charge is 0.493 e. The van der Waals surface area contributed by atoms with Crippen molar-refractivity contribution in [3.05, 3.63) is 46.4 Å². The molecule has 2 rings (SSSR count). The Balaban J connectivity index is 1.80. The topological polar surface area (TPSA) is 48.1 Å². The van der Waals surface area contributed by atoms with Gasteiger partial charge in [-0.1, -0.05) is 18.2 Å². The van der Waals surface area contributed by atoms with Crippen molar-refractivity contribution in [3.63, 3.8) is 0 Å². The van der Waals surface area contributed by atoms with E-state index in [1.165, 1.54) is 0 Å². The Morgan fingerprint density at radius 3 is 2.75 bits per heavy atom. The first-order chi connectivity index (χ1) is 7.88. The van der Waals surface area contributed by atoms with Gasteiger partial charge in [0.05, 0.1) is 17.3 Å². The van der Waals surface area contributed by atoms with E-state index in [4.69, 9.17) is 10.5 Å². The molecule has 0 radical (unpaired) electrons. The SMILES string of the molecule is NCc1csc(CCOc2ccccc2)n1. The molecule has 1 aromatic heterocycles. The van der Waals surface area contributed by atoms with Crippen LogP contribution in [0.3, 0.4) is 0 Å². The molecule has 0 aliphatic carbocycles. The lowest BCUT2D eigenvalue weighted by Gasteiger charge is -2.03. The van der Waals surface area contributed by atoms with E-state index in [-0.39, 0.29) is 0 Å². The Morgan fingerprint density at radius 2 is 2.06 bits per heavy atom. The van der Waals surface area contributed by atoms with Crippen molar-refractivity contribution >= 4 is 11.3 Å². The van der Waals surface area contributed by atoms with E-state index in [0.29, 0.717) is 13.2 Å². The van der Waals surface area contributed by atoms with Gasteiger partial charge in [-0.05, 0) is 12.1 Å². The molecule has 0 aliphatic heterocycles. The van der Waals surface area contributed by atoms with Crippen LogP contribution in [0.4, 0.5) is 0 Å². The molecule has 0 bridgehead atoms. The third-order valence-corrected chi connectivity index (χ3v) is 3.09. The summed E-state index contributed by atoms with van der Waals surface area (Å²) >= 11 is 1.64. The number of hydrogen-bond acceptors (Lipinski definition) is 4. The molecule has 4 heteroatoms. The molecule has 0 unspecified atom stereocenters. The molecule has 0 amide bonds. The Kier molecular flexibility index (Phi) is 3.91. The second-order valence-electron chi connectivity index (χ2n) is 3.35. The summed E-state index contributed by atoms with van der Waals surface area (Å²) in [4.78, 5) is 4.37. The minimum atomic E-state index is 0.510. The number of benzene rings is 1. The fourth-order valence-electron chi connectivity index (χ4n) is 1.33. The number of aromatic nitrogens is 1. The highest BCUT2D eigenvalue weighted by molar-refractivity contribution is 7.09. The molecule has 0 atom stereocenters. The molecule has 0 fully saturated rings. The molecule has 3 nitrogen and oxygen atoms in total. The zero-order valence-electron chi connectivity index (χ0n) is 8.93. The summed E-state index contributed by atoms with van der Waals surface area (Å²) in [5, 5.41) is 3.08. The summed E-state index contributed by atoms with van der Waals surface area (Å²) in [7, 11) is 0. The van der Waals surface area contributed by atoms with Crippen LogP contribution in [-0.2, 0) is 13.0 Å². The molecule has 0 saturated carbocycles. The number of ether oxygens (including phenoxy) is 1. The normalized spacial score (nSPS) is 10.3. The summed E-state index contributed by atoms with van der Waals surface area (Å²) < 4.78 is 5.59.